The molecule has 24 heavy (non-hydrogen) atoms. The summed E-state index contributed by atoms with van der Waals surface area (Å²) in [6.07, 6.45) is 3.02. The van der Waals surface area contributed by atoms with Crippen LogP contribution in [-0.2, 0) is 18.8 Å². The van der Waals surface area contributed by atoms with Crippen LogP contribution in [0.15, 0.2) is 0 Å². The fourth-order valence-electron chi connectivity index (χ4n) is 4.18. The van der Waals surface area contributed by atoms with Gasteiger partial charge in [-0.2, -0.15) is 17.6 Å². The van der Waals surface area contributed by atoms with E-state index in [4.69, 9.17) is 14.7 Å². The predicted octanol–water partition coefficient (Wildman–Crippen LogP) is 4.24. The number of hydrogen-bond acceptors (Lipinski definition) is 6. The summed E-state index contributed by atoms with van der Waals surface area (Å²) in [5, 5.41) is 6.43. The number of fused-ring (bicyclic) bond motifs is 2. The van der Waals surface area contributed by atoms with Crippen LogP contribution in [-0.4, -0.2) is 35.4 Å². The molecule has 1 heterocycles. The first kappa shape index (κ1) is 18.7. The molecule has 140 valence electrons. The lowest BCUT2D eigenvalue weighted by molar-refractivity contribution is -0.434. The van der Waals surface area contributed by atoms with Crippen molar-refractivity contribution in [2.24, 2.45) is 17.8 Å². The number of alkyl halides is 4. The van der Waals surface area contributed by atoms with Crippen molar-refractivity contribution >= 4 is 12.0 Å². The van der Waals surface area contributed by atoms with Gasteiger partial charge in [-0.3, -0.25) is 0 Å². The van der Waals surface area contributed by atoms with Gasteiger partial charge in [0.05, 0.1) is 6.10 Å². The smallest absolute Gasteiger partial charge is 0.353 e. The van der Waals surface area contributed by atoms with E-state index in [9.17, 15) is 17.6 Å². The zero-order valence-electron chi connectivity index (χ0n) is 12.8. The predicted molar refractivity (Wildman–Crippen MR) is 75.1 cm³/mol. The number of rotatable bonds is 7. The minimum absolute atomic E-state index is 0.0226. The molecule has 1 aliphatic heterocycles. The summed E-state index contributed by atoms with van der Waals surface area (Å²) in [6, 6.07) is 0. The minimum Gasteiger partial charge on any atom is -0.353 e. The molecule has 5 nitrogen and oxygen atoms in total. The Morgan fingerprint density at radius 1 is 1.04 bits per heavy atom. The molecule has 1 saturated heterocycles. The monoisotopic (exact) mass is 376 g/mol. The molecule has 3 aliphatic rings. The van der Waals surface area contributed by atoms with Crippen molar-refractivity contribution in [3.8, 4) is 0 Å². The Hall–Kier alpha value is -0.130. The van der Waals surface area contributed by atoms with E-state index in [1.165, 1.54) is 0 Å². The molecule has 0 aromatic rings. The summed E-state index contributed by atoms with van der Waals surface area (Å²) in [6.45, 7) is 0.628. The molecule has 2 saturated carbocycles. The van der Waals surface area contributed by atoms with Crippen molar-refractivity contribution in [1.82, 2.24) is 0 Å². The second-order valence-corrected chi connectivity index (χ2v) is 7.49. The van der Waals surface area contributed by atoms with Crippen LogP contribution >= 0.6 is 12.0 Å². The molecule has 2 aliphatic carbocycles. The molecular weight excluding hydrogens is 356 g/mol. The average molecular weight is 376 g/mol. The van der Waals surface area contributed by atoms with Gasteiger partial charge in [-0.1, -0.05) is 5.04 Å². The Morgan fingerprint density at radius 2 is 1.83 bits per heavy atom. The van der Waals surface area contributed by atoms with Gasteiger partial charge >= 0.3 is 11.2 Å². The van der Waals surface area contributed by atoms with Crippen LogP contribution in [0.3, 0.4) is 0 Å². The minimum atomic E-state index is -4.49. The average Bonchev–Trinajstić information content (AvgIpc) is 3.14. The molecule has 0 aromatic carbocycles. The van der Waals surface area contributed by atoms with Gasteiger partial charge in [-0.25, -0.2) is 5.26 Å². The Morgan fingerprint density at radius 3 is 2.42 bits per heavy atom. The Bertz CT molecular complexity index is 435. The van der Waals surface area contributed by atoms with Gasteiger partial charge in [0.15, 0.2) is 6.29 Å². The second-order valence-electron chi connectivity index (χ2n) is 6.67. The summed E-state index contributed by atoms with van der Waals surface area (Å²) < 4.78 is 70.7. The van der Waals surface area contributed by atoms with E-state index in [0.29, 0.717) is 19.4 Å². The van der Waals surface area contributed by atoms with Crippen LogP contribution < -0.4 is 0 Å². The van der Waals surface area contributed by atoms with Gasteiger partial charge < -0.3 is 9.47 Å². The van der Waals surface area contributed by atoms with Gasteiger partial charge in [-0.15, -0.1) is 4.33 Å². The van der Waals surface area contributed by atoms with E-state index >= 15 is 0 Å². The first-order valence-corrected chi connectivity index (χ1v) is 8.78. The van der Waals surface area contributed by atoms with Crippen LogP contribution in [0.4, 0.5) is 17.6 Å². The first-order valence-electron chi connectivity index (χ1n) is 8.03. The molecule has 0 spiro atoms. The fourth-order valence-corrected chi connectivity index (χ4v) is 4.55. The standard InChI is InChI=1S/C14H20F4O5S/c15-13(16,14(17,18)24-23-22-19)10-6-9-5-8(10)7-11(9)21-12-3-1-2-4-20-12/h8-12,19H,1-7H2. The lowest BCUT2D eigenvalue weighted by Gasteiger charge is -2.37. The third kappa shape index (κ3) is 3.54. The van der Waals surface area contributed by atoms with Crippen molar-refractivity contribution in [3.05, 3.63) is 0 Å². The molecule has 0 aromatic heterocycles. The highest BCUT2D eigenvalue weighted by molar-refractivity contribution is 7.95. The molecule has 0 radical (unpaired) electrons. The lowest BCUT2D eigenvalue weighted by atomic mass is 9.82. The van der Waals surface area contributed by atoms with E-state index in [0.717, 1.165) is 19.3 Å². The number of halogens is 4. The highest BCUT2D eigenvalue weighted by atomic mass is 32.2. The first-order chi connectivity index (χ1) is 11.3. The summed E-state index contributed by atoms with van der Waals surface area (Å²) in [5.41, 5.74) is 0. The van der Waals surface area contributed by atoms with E-state index in [1.807, 2.05) is 0 Å². The molecule has 3 rings (SSSR count). The fraction of sp³-hybridized carbons (Fsp3) is 1.00. The van der Waals surface area contributed by atoms with Crippen molar-refractivity contribution in [2.45, 2.75) is 62.1 Å². The summed E-state index contributed by atoms with van der Waals surface area (Å²) in [7, 11) is 0. The molecule has 5 atom stereocenters. The Kier molecular flexibility index (Phi) is 5.63. The third-order valence-corrected chi connectivity index (χ3v) is 5.89. The van der Waals surface area contributed by atoms with Crippen LogP contribution in [0.25, 0.3) is 0 Å². The number of ether oxygens (including phenoxy) is 2. The molecule has 1 N–H and O–H groups in total. The van der Waals surface area contributed by atoms with E-state index in [-0.39, 0.29) is 24.7 Å². The van der Waals surface area contributed by atoms with E-state index in [1.54, 1.807) is 0 Å². The lowest BCUT2D eigenvalue weighted by Crippen LogP contribution is -2.47. The van der Waals surface area contributed by atoms with Crippen molar-refractivity contribution in [2.75, 3.05) is 6.61 Å². The zero-order valence-corrected chi connectivity index (χ0v) is 13.7. The molecule has 10 heteroatoms. The topological polar surface area (TPSA) is 57.2 Å². The summed E-state index contributed by atoms with van der Waals surface area (Å²) in [5.74, 6) is -6.39. The molecule has 3 fully saturated rings. The second kappa shape index (κ2) is 7.24. The summed E-state index contributed by atoms with van der Waals surface area (Å²) in [4.78, 5) is 0. The zero-order chi connectivity index (χ0) is 17.4. The van der Waals surface area contributed by atoms with Crippen LogP contribution in [0.1, 0.15) is 38.5 Å². The van der Waals surface area contributed by atoms with Gasteiger partial charge in [0.1, 0.15) is 12.0 Å². The van der Waals surface area contributed by atoms with Crippen LogP contribution in [0, 0.1) is 17.8 Å². The van der Waals surface area contributed by atoms with Crippen molar-refractivity contribution < 1.29 is 41.7 Å². The molecular formula is C14H20F4O5S. The van der Waals surface area contributed by atoms with Gasteiger partial charge in [0, 0.05) is 12.5 Å². The van der Waals surface area contributed by atoms with E-state index < -0.39 is 35.1 Å². The maximum absolute atomic E-state index is 14.2. The highest BCUT2D eigenvalue weighted by Crippen LogP contribution is 2.60. The maximum Gasteiger partial charge on any atom is 0.383 e. The number of hydrogen-bond donors (Lipinski definition) is 1. The van der Waals surface area contributed by atoms with E-state index in [2.05, 4.69) is 9.37 Å². The molecule has 0 amide bonds. The maximum atomic E-state index is 14.2. The SMILES string of the molecule is OOOSC(F)(F)C(F)(F)C1CC2CC1CC2OC1CCCCO1. The van der Waals surface area contributed by atoms with Crippen molar-refractivity contribution in [1.29, 1.82) is 0 Å². The normalized spacial score (nSPS) is 37.1. The van der Waals surface area contributed by atoms with Gasteiger partial charge in [0.2, 0.25) is 0 Å². The van der Waals surface area contributed by atoms with Gasteiger partial charge in [-0.05, 0) is 50.4 Å². The molecule has 2 bridgehead atoms. The quantitative estimate of drug-likeness (QED) is 0.310. The van der Waals surface area contributed by atoms with Gasteiger partial charge in [0.25, 0.3) is 0 Å². The molecule has 5 unspecified atom stereocenters. The van der Waals surface area contributed by atoms with Crippen molar-refractivity contribution in [3.63, 3.8) is 0 Å². The Balaban J connectivity index is 1.57. The third-order valence-electron chi connectivity index (χ3n) is 5.28. The Labute approximate surface area is 141 Å². The largest absolute Gasteiger partial charge is 0.383 e. The highest BCUT2D eigenvalue weighted by Gasteiger charge is 2.67. The summed E-state index contributed by atoms with van der Waals surface area (Å²) >= 11 is -0.878. The van der Waals surface area contributed by atoms with Crippen LogP contribution in [0.5, 0.6) is 0 Å². The van der Waals surface area contributed by atoms with Crippen LogP contribution in [0.2, 0.25) is 0 Å².